The Kier molecular flexibility index (Phi) is 3.62. The van der Waals surface area contributed by atoms with Gasteiger partial charge in [0.1, 0.15) is 12.4 Å². The van der Waals surface area contributed by atoms with Gasteiger partial charge in [-0.2, -0.15) is 10.4 Å². The summed E-state index contributed by atoms with van der Waals surface area (Å²) in [7, 11) is 3.28. The molecule has 1 aromatic heterocycles. The van der Waals surface area contributed by atoms with Crippen molar-refractivity contribution in [3.05, 3.63) is 47.3 Å². The topological polar surface area (TPSA) is 79.0 Å². The molecular formula is C14H12N4O2. The van der Waals surface area contributed by atoms with Crippen LogP contribution in [0.3, 0.4) is 0 Å². The van der Waals surface area contributed by atoms with Crippen LogP contribution in [0.1, 0.15) is 26.4 Å². The molecule has 0 bridgehead atoms. The fourth-order valence-corrected chi connectivity index (χ4v) is 1.72. The van der Waals surface area contributed by atoms with Gasteiger partial charge in [0.05, 0.1) is 11.3 Å². The average molecular weight is 268 g/mol. The van der Waals surface area contributed by atoms with E-state index in [1.807, 2.05) is 6.07 Å². The lowest BCUT2D eigenvalue weighted by atomic mass is 10.1. The summed E-state index contributed by atoms with van der Waals surface area (Å²) in [6.07, 6.45) is 2.28. The monoisotopic (exact) mass is 268 g/mol. The number of carbonyl (C=O) groups is 2. The Bertz CT molecular complexity index is 710. The van der Waals surface area contributed by atoms with Crippen LogP contribution in [0.15, 0.2) is 30.5 Å². The second kappa shape index (κ2) is 5.36. The van der Waals surface area contributed by atoms with E-state index in [1.165, 1.54) is 15.6 Å². The first-order valence-electron chi connectivity index (χ1n) is 5.84. The highest BCUT2D eigenvalue weighted by atomic mass is 16.2. The van der Waals surface area contributed by atoms with Crippen molar-refractivity contribution in [3.8, 4) is 11.8 Å². The number of hydrogen-bond donors (Lipinski definition) is 0. The minimum absolute atomic E-state index is 0.216. The second-order valence-electron chi connectivity index (χ2n) is 4.35. The Morgan fingerprint density at radius 1 is 1.40 bits per heavy atom. The zero-order chi connectivity index (χ0) is 14.7. The summed E-state index contributed by atoms with van der Waals surface area (Å²) in [5.74, 6) is -0.216. The standard InChI is InChI=1S/C14H12N4O2/c1-17(2)14(20)12-5-6-18(16-12)13-4-3-10(9-19)7-11(13)8-15/h3-7,9H,1-2H3. The highest BCUT2D eigenvalue weighted by Gasteiger charge is 2.13. The molecule has 0 saturated heterocycles. The van der Waals surface area contributed by atoms with Gasteiger partial charge in [0.2, 0.25) is 0 Å². The molecule has 1 heterocycles. The summed E-state index contributed by atoms with van der Waals surface area (Å²) < 4.78 is 1.45. The van der Waals surface area contributed by atoms with Gasteiger partial charge < -0.3 is 4.90 Å². The quantitative estimate of drug-likeness (QED) is 0.785. The number of aromatic nitrogens is 2. The third-order valence-electron chi connectivity index (χ3n) is 2.74. The predicted molar refractivity (Wildman–Crippen MR) is 71.7 cm³/mol. The summed E-state index contributed by atoms with van der Waals surface area (Å²) >= 11 is 0. The molecule has 2 rings (SSSR count). The minimum atomic E-state index is -0.216. The Hall–Kier alpha value is -2.94. The number of nitrogens with zero attached hydrogens (tertiary/aromatic N) is 4. The van der Waals surface area contributed by atoms with Crippen LogP contribution in [0.2, 0.25) is 0 Å². The Morgan fingerprint density at radius 3 is 2.75 bits per heavy atom. The molecule has 1 amide bonds. The van der Waals surface area contributed by atoms with Crippen LogP contribution in [0.5, 0.6) is 0 Å². The first-order chi connectivity index (χ1) is 9.56. The maximum atomic E-state index is 11.8. The number of rotatable bonds is 3. The number of nitriles is 1. The van der Waals surface area contributed by atoms with E-state index in [9.17, 15) is 9.59 Å². The van der Waals surface area contributed by atoms with Crippen molar-refractivity contribution >= 4 is 12.2 Å². The third kappa shape index (κ3) is 2.42. The van der Waals surface area contributed by atoms with Gasteiger partial charge >= 0.3 is 0 Å². The van der Waals surface area contributed by atoms with E-state index in [2.05, 4.69) is 5.10 Å². The van der Waals surface area contributed by atoms with Gasteiger partial charge in [-0.15, -0.1) is 0 Å². The molecule has 0 spiro atoms. The number of carbonyl (C=O) groups excluding carboxylic acids is 2. The van der Waals surface area contributed by atoms with E-state index in [0.29, 0.717) is 28.8 Å². The molecule has 0 aliphatic carbocycles. The molecule has 0 aliphatic rings. The van der Waals surface area contributed by atoms with Crippen LogP contribution in [0, 0.1) is 11.3 Å². The fraction of sp³-hybridized carbons (Fsp3) is 0.143. The Morgan fingerprint density at radius 2 is 2.15 bits per heavy atom. The van der Waals surface area contributed by atoms with E-state index in [0.717, 1.165) is 0 Å². The zero-order valence-corrected chi connectivity index (χ0v) is 11.1. The Labute approximate surface area is 115 Å². The van der Waals surface area contributed by atoms with Crippen molar-refractivity contribution in [2.45, 2.75) is 0 Å². The fourth-order valence-electron chi connectivity index (χ4n) is 1.72. The van der Waals surface area contributed by atoms with Crippen molar-refractivity contribution in [2.24, 2.45) is 0 Å². The molecule has 20 heavy (non-hydrogen) atoms. The molecule has 0 N–H and O–H groups in total. The van der Waals surface area contributed by atoms with E-state index in [4.69, 9.17) is 5.26 Å². The lowest BCUT2D eigenvalue weighted by Crippen LogP contribution is -2.22. The summed E-state index contributed by atoms with van der Waals surface area (Å²) in [6.45, 7) is 0. The van der Waals surface area contributed by atoms with Gasteiger partial charge in [0.25, 0.3) is 5.91 Å². The van der Waals surface area contributed by atoms with Gasteiger partial charge in [0.15, 0.2) is 5.69 Å². The average Bonchev–Trinajstić information content (AvgIpc) is 2.95. The first kappa shape index (κ1) is 13.5. The lowest BCUT2D eigenvalue weighted by Gasteiger charge is -2.07. The summed E-state index contributed by atoms with van der Waals surface area (Å²) in [5.41, 5.74) is 1.55. The molecular weight excluding hydrogens is 256 g/mol. The van der Waals surface area contributed by atoms with Crippen molar-refractivity contribution < 1.29 is 9.59 Å². The van der Waals surface area contributed by atoms with Gasteiger partial charge in [-0.1, -0.05) is 0 Å². The second-order valence-corrected chi connectivity index (χ2v) is 4.35. The lowest BCUT2D eigenvalue weighted by molar-refractivity contribution is 0.0821. The molecule has 2 aromatic rings. The SMILES string of the molecule is CN(C)C(=O)c1ccn(-c2ccc(C=O)cc2C#N)n1. The highest BCUT2D eigenvalue weighted by Crippen LogP contribution is 2.15. The molecule has 100 valence electrons. The molecule has 0 unspecified atom stereocenters. The van der Waals surface area contributed by atoms with E-state index >= 15 is 0 Å². The molecule has 0 aliphatic heterocycles. The van der Waals surface area contributed by atoms with Crippen molar-refractivity contribution in [3.63, 3.8) is 0 Å². The summed E-state index contributed by atoms with van der Waals surface area (Å²) in [4.78, 5) is 23.9. The smallest absolute Gasteiger partial charge is 0.273 e. The minimum Gasteiger partial charge on any atom is -0.343 e. The third-order valence-corrected chi connectivity index (χ3v) is 2.74. The van der Waals surface area contributed by atoms with Crippen LogP contribution in [0.25, 0.3) is 5.69 Å². The maximum Gasteiger partial charge on any atom is 0.273 e. The number of aldehydes is 1. The molecule has 1 aromatic carbocycles. The largest absolute Gasteiger partial charge is 0.343 e. The first-order valence-corrected chi connectivity index (χ1v) is 5.84. The molecule has 6 heteroatoms. The van der Waals surface area contributed by atoms with E-state index < -0.39 is 0 Å². The van der Waals surface area contributed by atoms with Gasteiger partial charge in [-0.05, 0) is 24.3 Å². The molecule has 6 nitrogen and oxygen atoms in total. The van der Waals surface area contributed by atoms with Gasteiger partial charge in [-0.25, -0.2) is 4.68 Å². The van der Waals surface area contributed by atoms with Gasteiger partial charge in [0, 0.05) is 25.9 Å². The number of amides is 1. The van der Waals surface area contributed by atoms with Crippen molar-refractivity contribution in [2.75, 3.05) is 14.1 Å². The number of benzene rings is 1. The maximum absolute atomic E-state index is 11.8. The molecule has 0 atom stereocenters. The van der Waals surface area contributed by atoms with Crippen LogP contribution < -0.4 is 0 Å². The Balaban J connectivity index is 2.45. The number of hydrogen-bond acceptors (Lipinski definition) is 4. The zero-order valence-electron chi connectivity index (χ0n) is 11.1. The van der Waals surface area contributed by atoms with Crippen LogP contribution in [-0.2, 0) is 0 Å². The molecule has 0 fully saturated rings. The normalized spacial score (nSPS) is 9.85. The van der Waals surface area contributed by atoms with Crippen LogP contribution in [-0.4, -0.2) is 41.0 Å². The summed E-state index contributed by atoms with van der Waals surface area (Å²) in [5, 5.41) is 13.3. The predicted octanol–water partition coefficient (Wildman–Crippen LogP) is 1.26. The van der Waals surface area contributed by atoms with Crippen LogP contribution in [0.4, 0.5) is 0 Å². The van der Waals surface area contributed by atoms with Crippen LogP contribution >= 0.6 is 0 Å². The van der Waals surface area contributed by atoms with E-state index in [-0.39, 0.29) is 5.91 Å². The molecule has 0 saturated carbocycles. The van der Waals surface area contributed by atoms with E-state index in [1.54, 1.807) is 38.5 Å². The van der Waals surface area contributed by atoms with Crippen molar-refractivity contribution in [1.82, 2.24) is 14.7 Å². The summed E-state index contributed by atoms with van der Waals surface area (Å²) in [6, 6.07) is 8.30. The van der Waals surface area contributed by atoms with Gasteiger partial charge in [-0.3, -0.25) is 9.59 Å². The highest BCUT2D eigenvalue weighted by molar-refractivity contribution is 5.91. The molecule has 0 radical (unpaired) electrons. The van der Waals surface area contributed by atoms with Crippen molar-refractivity contribution in [1.29, 1.82) is 5.26 Å².